The number of imidazole rings is 1. The van der Waals surface area contributed by atoms with Crippen LogP contribution in [-0.4, -0.2) is 21.6 Å². The molecule has 0 unspecified atom stereocenters. The zero-order valence-corrected chi connectivity index (χ0v) is 10.3. The van der Waals surface area contributed by atoms with Gasteiger partial charge in [0, 0.05) is 32.7 Å². The molecule has 0 amide bonds. The summed E-state index contributed by atoms with van der Waals surface area (Å²) < 4.78 is 15.5. The number of rotatable bonds is 3. The Hall–Kier alpha value is -1.62. The molecule has 0 saturated carbocycles. The SMILES string of the molecule is CN(Cc1nccn1C)c1ncc(Cl)cc1F. The van der Waals surface area contributed by atoms with Crippen LogP contribution in [0.15, 0.2) is 24.7 Å². The molecule has 2 heterocycles. The highest BCUT2D eigenvalue weighted by atomic mass is 35.5. The van der Waals surface area contributed by atoms with E-state index in [1.807, 2.05) is 17.8 Å². The van der Waals surface area contributed by atoms with Crippen LogP contribution in [0.4, 0.5) is 10.2 Å². The minimum atomic E-state index is -0.436. The molecule has 0 N–H and O–H groups in total. The monoisotopic (exact) mass is 254 g/mol. The summed E-state index contributed by atoms with van der Waals surface area (Å²) >= 11 is 5.65. The summed E-state index contributed by atoms with van der Waals surface area (Å²) in [5.41, 5.74) is 0. The summed E-state index contributed by atoms with van der Waals surface area (Å²) in [6.07, 6.45) is 4.97. The van der Waals surface area contributed by atoms with Gasteiger partial charge in [-0.15, -0.1) is 0 Å². The number of anilines is 1. The van der Waals surface area contributed by atoms with E-state index in [2.05, 4.69) is 9.97 Å². The molecule has 0 radical (unpaired) electrons. The first kappa shape index (κ1) is 11.9. The minimum absolute atomic E-state index is 0.261. The molecule has 0 aliphatic carbocycles. The van der Waals surface area contributed by atoms with Gasteiger partial charge in [0.05, 0.1) is 11.6 Å². The van der Waals surface area contributed by atoms with Gasteiger partial charge in [0.2, 0.25) is 0 Å². The van der Waals surface area contributed by atoms with Crippen molar-refractivity contribution >= 4 is 17.4 Å². The van der Waals surface area contributed by atoms with E-state index in [1.54, 1.807) is 18.1 Å². The summed E-state index contributed by atoms with van der Waals surface area (Å²) in [5.74, 6) is 0.662. The van der Waals surface area contributed by atoms with E-state index >= 15 is 0 Å². The Morgan fingerprint density at radius 1 is 1.47 bits per heavy atom. The maximum atomic E-state index is 13.6. The van der Waals surface area contributed by atoms with Crippen LogP contribution in [0.3, 0.4) is 0 Å². The van der Waals surface area contributed by atoms with E-state index < -0.39 is 5.82 Å². The lowest BCUT2D eigenvalue weighted by Gasteiger charge is -2.18. The molecule has 0 aliphatic rings. The van der Waals surface area contributed by atoms with Crippen LogP contribution < -0.4 is 4.90 Å². The molecule has 17 heavy (non-hydrogen) atoms. The first-order valence-corrected chi connectivity index (χ1v) is 5.44. The van der Waals surface area contributed by atoms with Crippen LogP contribution in [-0.2, 0) is 13.6 Å². The lowest BCUT2D eigenvalue weighted by atomic mass is 10.4. The van der Waals surface area contributed by atoms with Crippen molar-refractivity contribution in [2.45, 2.75) is 6.54 Å². The van der Waals surface area contributed by atoms with Gasteiger partial charge in [0.25, 0.3) is 0 Å². The highest BCUT2D eigenvalue weighted by molar-refractivity contribution is 6.30. The maximum absolute atomic E-state index is 13.6. The molecule has 0 saturated heterocycles. The summed E-state index contributed by atoms with van der Waals surface area (Å²) in [4.78, 5) is 9.83. The smallest absolute Gasteiger partial charge is 0.167 e. The van der Waals surface area contributed by atoms with Gasteiger partial charge in [-0.25, -0.2) is 14.4 Å². The van der Waals surface area contributed by atoms with Crippen molar-refractivity contribution in [3.05, 3.63) is 41.3 Å². The maximum Gasteiger partial charge on any atom is 0.167 e. The normalized spacial score (nSPS) is 10.6. The lowest BCUT2D eigenvalue weighted by Crippen LogP contribution is -2.21. The average molecular weight is 255 g/mol. The van der Waals surface area contributed by atoms with Crippen LogP contribution in [0.2, 0.25) is 5.02 Å². The highest BCUT2D eigenvalue weighted by Gasteiger charge is 2.12. The number of aromatic nitrogens is 3. The fourth-order valence-corrected chi connectivity index (χ4v) is 1.67. The van der Waals surface area contributed by atoms with E-state index in [9.17, 15) is 4.39 Å². The lowest BCUT2D eigenvalue weighted by molar-refractivity contribution is 0.611. The van der Waals surface area contributed by atoms with Gasteiger partial charge < -0.3 is 9.47 Å². The number of hydrogen-bond acceptors (Lipinski definition) is 3. The van der Waals surface area contributed by atoms with E-state index in [1.165, 1.54) is 12.3 Å². The number of nitrogens with zero attached hydrogens (tertiary/aromatic N) is 4. The Morgan fingerprint density at radius 3 is 2.82 bits per heavy atom. The quantitative estimate of drug-likeness (QED) is 0.843. The van der Waals surface area contributed by atoms with Gasteiger partial charge in [0.1, 0.15) is 5.82 Å². The van der Waals surface area contributed by atoms with Gasteiger partial charge in [-0.3, -0.25) is 0 Å². The molecule has 2 rings (SSSR count). The van der Waals surface area contributed by atoms with Crippen LogP contribution in [0.5, 0.6) is 0 Å². The second kappa shape index (κ2) is 4.71. The summed E-state index contributed by atoms with van der Waals surface area (Å²) in [7, 11) is 3.65. The van der Waals surface area contributed by atoms with E-state index in [4.69, 9.17) is 11.6 Å². The second-order valence-electron chi connectivity index (χ2n) is 3.77. The van der Waals surface area contributed by atoms with Crippen molar-refractivity contribution < 1.29 is 4.39 Å². The summed E-state index contributed by atoms with van der Waals surface area (Å²) in [5, 5.41) is 0.289. The van der Waals surface area contributed by atoms with Gasteiger partial charge >= 0.3 is 0 Å². The summed E-state index contributed by atoms with van der Waals surface area (Å²) in [6.45, 7) is 0.481. The number of halogens is 2. The molecule has 0 bridgehead atoms. The standard InChI is InChI=1S/C11H12ClFN4/c1-16-4-3-14-10(16)7-17(2)11-9(13)5-8(12)6-15-11/h3-6H,7H2,1-2H3. The van der Waals surface area contributed by atoms with Gasteiger partial charge in [-0.2, -0.15) is 0 Å². The molecule has 6 heteroatoms. The summed E-state index contributed by atoms with van der Waals surface area (Å²) in [6, 6.07) is 1.25. The number of hydrogen-bond donors (Lipinski definition) is 0. The Morgan fingerprint density at radius 2 is 2.24 bits per heavy atom. The molecule has 0 atom stereocenters. The predicted octanol–water partition coefficient (Wildman–Crippen LogP) is 2.24. The van der Waals surface area contributed by atoms with Crippen molar-refractivity contribution in [3.63, 3.8) is 0 Å². The molecular weight excluding hydrogens is 243 g/mol. The van der Waals surface area contributed by atoms with Gasteiger partial charge in [0.15, 0.2) is 11.6 Å². The zero-order valence-electron chi connectivity index (χ0n) is 9.56. The van der Waals surface area contributed by atoms with Crippen molar-refractivity contribution in [2.75, 3.05) is 11.9 Å². The molecule has 90 valence electrons. The molecule has 2 aromatic heterocycles. The third kappa shape index (κ3) is 2.55. The Balaban J connectivity index is 2.20. The Kier molecular flexibility index (Phi) is 3.28. The minimum Gasteiger partial charge on any atom is -0.350 e. The van der Waals surface area contributed by atoms with Crippen LogP contribution >= 0.6 is 11.6 Å². The van der Waals surface area contributed by atoms with Crippen molar-refractivity contribution in [1.29, 1.82) is 0 Å². The first-order chi connectivity index (χ1) is 8.08. The number of aryl methyl sites for hydroxylation is 1. The van der Waals surface area contributed by atoms with Crippen LogP contribution in [0.1, 0.15) is 5.82 Å². The molecular formula is C11H12ClFN4. The first-order valence-electron chi connectivity index (χ1n) is 5.06. The van der Waals surface area contributed by atoms with E-state index in [-0.39, 0.29) is 10.8 Å². The zero-order chi connectivity index (χ0) is 12.4. The number of pyridine rings is 1. The highest BCUT2D eigenvalue weighted by Crippen LogP contribution is 2.19. The fraction of sp³-hybridized carbons (Fsp3) is 0.273. The molecule has 0 spiro atoms. The van der Waals surface area contributed by atoms with Crippen molar-refractivity contribution in [2.24, 2.45) is 7.05 Å². The largest absolute Gasteiger partial charge is 0.350 e. The average Bonchev–Trinajstić information content (AvgIpc) is 2.64. The molecule has 4 nitrogen and oxygen atoms in total. The third-order valence-corrected chi connectivity index (χ3v) is 2.66. The van der Waals surface area contributed by atoms with E-state index in [0.717, 1.165) is 5.82 Å². The van der Waals surface area contributed by atoms with Crippen molar-refractivity contribution in [3.8, 4) is 0 Å². The van der Waals surface area contributed by atoms with Gasteiger partial charge in [-0.05, 0) is 6.07 Å². The second-order valence-corrected chi connectivity index (χ2v) is 4.21. The third-order valence-electron chi connectivity index (χ3n) is 2.45. The van der Waals surface area contributed by atoms with Crippen LogP contribution in [0.25, 0.3) is 0 Å². The fourth-order valence-electron chi connectivity index (χ4n) is 1.52. The van der Waals surface area contributed by atoms with Gasteiger partial charge in [-0.1, -0.05) is 11.6 Å². The van der Waals surface area contributed by atoms with Crippen molar-refractivity contribution in [1.82, 2.24) is 14.5 Å². The molecule has 0 aromatic carbocycles. The molecule has 0 aliphatic heterocycles. The topological polar surface area (TPSA) is 34.0 Å². The Bertz CT molecular complexity index is 526. The molecule has 2 aromatic rings. The van der Waals surface area contributed by atoms with E-state index in [0.29, 0.717) is 6.54 Å². The predicted molar refractivity (Wildman–Crippen MR) is 64.5 cm³/mol. The Labute approximate surface area is 104 Å². The molecule has 0 fully saturated rings. The van der Waals surface area contributed by atoms with Crippen LogP contribution in [0, 0.1) is 5.82 Å².